The van der Waals surface area contributed by atoms with Crippen molar-refractivity contribution in [3.05, 3.63) is 64.2 Å². The number of hydrogen-bond acceptors (Lipinski definition) is 4. The standard InChI is InChI=1S/C21H25ClN2O3S2/c1-16-8-9-18(29(26,27)24-11-4-5-12-24)14-19(16)21(25)23-10-13-28-15-17-6-2-3-7-20(17)22/h2-3,6-9,14H,4-5,10-13,15H2,1H3,(H,23,25). The van der Waals surface area contributed by atoms with Crippen LogP contribution in [0.2, 0.25) is 5.02 Å². The quantitative estimate of drug-likeness (QED) is 0.612. The van der Waals surface area contributed by atoms with E-state index in [-0.39, 0.29) is 10.8 Å². The van der Waals surface area contributed by atoms with E-state index < -0.39 is 10.0 Å². The van der Waals surface area contributed by atoms with Gasteiger partial charge in [-0.05, 0) is 49.1 Å². The monoisotopic (exact) mass is 452 g/mol. The summed E-state index contributed by atoms with van der Waals surface area (Å²) < 4.78 is 27.0. The number of nitrogens with zero attached hydrogens (tertiary/aromatic N) is 1. The predicted molar refractivity (Wildman–Crippen MR) is 119 cm³/mol. The lowest BCUT2D eigenvalue weighted by Crippen LogP contribution is -2.29. The number of sulfonamides is 1. The number of benzene rings is 2. The van der Waals surface area contributed by atoms with Gasteiger partial charge in [-0.15, -0.1) is 0 Å². The maximum Gasteiger partial charge on any atom is 0.251 e. The van der Waals surface area contributed by atoms with Gasteiger partial charge in [-0.2, -0.15) is 16.1 Å². The lowest BCUT2D eigenvalue weighted by atomic mass is 10.1. The first-order chi connectivity index (χ1) is 13.9. The molecule has 0 spiro atoms. The molecule has 1 heterocycles. The zero-order valence-corrected chi connectivity index (χ0v) is 18.7. The molecular weight excluding hydrogens is 428 g/mol. The van der Waals surface area contributed by atoms with Crippen molar-refractivity contribution in [2.75, 3.05) is 25.4 Å². The third kappa shape index (κ3) is 5.54. The molecule has 3 rings (SSSR count). The molecule has 2 aromatic rings. The van der Waals surface area contributed by atoms with Gasteiger partial charge in [0, 0.05) is 41.7 Å². The molecule has 0 aromatic heterocycles. The molecule has 1 aliphatic rings. The summed E-state index contributed by atoms with van der Waals surface area (Å²) in [5.41, 5.74) is 2.23. The first kappa shape index (κ1) is 22.2. The van der Waals surface area contributed by atoms with Gasteiger partial charge in [0.2, 0.25) is 10.0 Å². The van der Waals surface area contributed by atoms with E-state index in [9.17, 15) is 13.2 Å². The fraction of sp³-hybridized carbons (Fsp3) is 0.381. The molecule has 1 amide bonds. The zero-order valence-electron chi connectivity index (χ0n) is 16.4. The van der Waals surface area contributed by atoms with Crippen LogP contribution in [0.25, 0.3) is 0 Å². The summed E-state index contributed by atoms with van der Waals surface area (Å²) in [5.74, 6) is 1.26. The van der Waals surface area contributed by atoms with Gasteiger partial charge in [0.25, 0.3) is 5.91 Å². The summed E-state index contributed by atoms with van der Waals surface area (Å²) in [6.07, 6.45) is 1.76. The summed E-state index contributed by atoms with van der Waals surface area (Å²) in [7, 11) is -3.54. The number of halogens is 1. The van der Waals surface area contributed by atoms with E-state index in [1.54, 1.807) is 23.9 Å². The maximum absolute atomic E-state index is 12.8. The van der Waals surface area contributed by atoms with Gasteiger partial charge < -0.3 is 5.32 Å². The SMILES string of the molecule is Cc1ccc(S(=O)(=O)N2CCCC2)cc1C(=O)NCCSCc1ccccc1Cl. The van der Waals surface area contributed by atoms with Crippen molar-refractivity contribution >= 4 is 39.3 Å². The summed E-state index contributed by atoms with van der Waals surface area (Å²) in [6.45, 7) is 3.39. The van der Waals surface area contributed by atoms with Crippen molar-refractivity contribution in [2.45, 2.75) is 30.4 Å². The van der Waals surface area contributed by atoms with Gasteiger partial charge in [0.1, 0.15) is 0 Å². The fourth-order valence-corrected chi connectivity index (χ4v) is 5.90. The second-order valence-corrected chi connectivity index (χ2v) is 10.4. The lowest BCUT2D eigenvalue weighted by molar-refractivity contribution is 0.0955. The van der Waals surface area contributed by atoms with Gasteiger partial charge in [0.05, 0.1) is 4.90 Å². The van der Waals surface area contributed by atoms with Crippen LogP contribution in [0.4, 0.5) is 0 Å². The average Bonchev–Trinajstić information content (AvgIpc) is 3.25. The van der Waals surface area contributed by atoms with Crippen LogP contribution in [0.5, 0.6) is 0 Å². The second-order valence-electron chi connectivity index (χ2n) is 6.99. The molecule has 1 N–H and O–H groups in total. The van der Waals surface area contributed by atoms with Crippen LogP contribution in [-0.2, 0) is 15.8 Å². The summed E-state index contributed by atoms with van der Waals surface area (Å²) in [6, 6.07) is 12.5. The molecule has 8 heteroatoms. The Balaban J connectivity index is 1.57. The van der Waals surface area contributed by atoms with Gasteiger partial charge in [-0.1, -0.05) is 35.9 Å². The maximum atomic E-state index is 12.8. The van der Waals surface area contributed by atoms with Crippen LogP contribution in [0.1, 0.15) is 34.3 Å². The molecule has 0 saturated carbocycles. The third-order valence-corrected chi connectivity index (χ3v) is 8.18. The van der Waals surface area contributed by atoms with Crippen molar-refractivity contribution in [1.82, 2.24) is 9.62 Å². The number of aryl methyl sites for hydroxylation is 1. The van der Waals surface area contributed by atoms with Gasteiger partial charge in [-0.25, -0.2) is 8.42 Å². The Kier molecular flexibility index (Phi) is 7.62. The average molecular weight is 453 g/mol. The molecule has 156 valence electrons. The van der Waals surface area contributed by atoms with E-state index in [2.05, 4.69) is 5.32 Å². The predicted octanol–water partition coefficient (Wildman–Crippen LogP) is 4.10. The van der Waals surface area contributed by atoms with Crippen molar-refractivity contribution in [2.24, 2.45) is 0 Å². The summed E-state index contributed by atoms with van der Waals surface area (Å²) in [4.78, 5) is 12.8. The van der Waals surface area contributed by atoms with E-state index in [0.29, 0.717) is 25.2 Å². The van der Waals surface area contributed by atoms with Crippen molar-refractivity contribution < 1.29 is 13.2 Å². The molecule has 1 aliphatic heterocycles. The topological polar surface area (TPSA) is 66.5 Å². The molecule has 0 aliphatic carbocycles. The molecule has 29 heavy (non-hydrogen) atoms. The number of rotatable bonds is 8. The summed E-state index contributed by atoms with van der Waals surface area (Å²) >= 11 is 7.83. The number of thioether (sulfide) groups is 1. The Bertz CT molecular complexity index is 974. The minimum Gasteiger partial charge on any atom is -0.351 e. The smallest absolute Gasteiger partial charge is 0.251 e. The highest BCUT2D eigenvalue weighted by Crippen LogP contribution is 2.23. The largest absolute Gasteiger partial charge is 0.351 e. The van der Waals surface area contributed by atoms with Crippen molar-refractivity contribution in [3.63, 3.8) is 0 Å². The number of nitrogens with one attached hydrogen (secondary N) is 1. The Labute approximate surface area is 181 Å². The van der Waals surface area contributed by atoms with Crippen molar-refractivity contribution in [3.8, 4) is 0 Å². The summed E-state index contributed by atoms with van der Waals surface area (Å²) in [5, 5.41) is 3.63. The van der Waals surface area contributed by atoms with Crippen LogP contribution in [0, 0.1) is 6.92 Å². The first-order valence-electron chi connectivity index (χ1n) is 9.60. The Morgan fingerprint density at radius 3 is 2.62 bits per heavy atom. The molecule has 0 unspecified atom stereocenters. The van der Waals surface area contributed by atoms with Crippen molar-refractivity contribution in [1.29, 1.82) is 0 Å². The van der Waals surface area contributed by atoms with E-state index in [0.717, 1.165) is 40.5 Å². The molecule has 1 fully saturated rings. The van der Waals surface area contributed by atoms with Gasteiger partial charge >= 0.3 is 0 Å². The first-order valence-corrected chi connectivity index (χ1v) is 12.6. The zero-order chi connectivity index (χ0) is 20.9. The van der Waals surface area contributed by atoms with E-state index in [4.69, 9.17) is 11.6 Å². The van der Waals surface area contributed by atoms with E-state index in [1.807, 2.05) is 31.2 Å². The van der Waals surface area contributed by atoms with Gasteiger partial charge in [0.15, 0.2) is 0 Å². The van der Waals surface area contributed by atoms with Crippen LogP contribution in [0.3, 0.4) is 0 Å². The molecular formula is C21H25ClN2O3S2. The highest BCUT2D eigenvalue weighted by molar-refractivity contribution is 7.98. The highest BCUT2D eigenvalue weighted by atomic mass is 35.5. The van der Waals surface area contributed by atoms with Gasteiger partial charge in [-0.3, -0.25) is 4.79 Å². The molecule has 1 saturated heterocycles. The second kappa shape index (κ2) is 9.98. The molecule has 0 radical (unpaired) electrons. The number of hydrogen-bond donors (Lipinski definition) is 1. The number of carbonyl (C=O) groups is 1. The van der Waals surface area contributed by atoms with Crippen LogP contribution in [-0.4, -0.2) is 44.0 Å². The Morgan fingerprint density at radius 1 is 1.17 bits per heavy atom. The lowest BCUT2D eigenvalue weighted by Gasteiger charge is -2.17. The third-order valence-electron chi connectivity index (χ3n) is 4.90. The molecule has 5 nitrogen and oxygen atoms in total. The molecule has 2 aromatic carbocycles. The normalized spacial score (nSPS) is 14.8. The molecule has 0 bridgehead atoms. The highest BCUT2D eigenvalue weighted by Gasteiger charge is 2.28. The molecule has 0 atom stereocenters. The van der Waals surface area contributed by atoms with Crippen LogP contribution < -0.4 is 5.32 Å². The number of amides is 1. The van der Waals surface area contributed by atoms with Crippen LogP contribution >= 0.6 is 23.4 Å². The van der Waals surface area contributed by atoms with E-state index in [1.165, 1.54) is 10.4 Å². The van der Waals surface area contributed by atoms with E-state index >= 15 is 0 Å². The Hall–Kier alpha value is -1.54. The Morgan fingerprint density at radius 2 is 1.90 bits per heavy atom. The number of carbonyl (C=O) groups excluding carboxylic acids is 1. The van der Waals surface area contributed by atoms with Crippen LogP contribution in [0.15, 0.2) is 47.4 Å². The minimum absolute atomic E-state index is 0.184. The fourth-order valence-electron chi connectivity index (χ4n) is 3.21. The minimum atomic E-state index is -3.54.